The molecule has 0 aromatic carbocycles. The van der Waals surface area contributed by atoms with Crippen molar-refractivity contribution in [2.24, 2.45) is 0 Å². The van der Waals surface area contributed by atoms with Crippen molar-refractivity contribution in [3.63, 3.8) is 0 Å². The molecule has 1 aliphatic heterocycles. The Hall–Kier alpha value is 0.230. The van der Waals surface area contributed by atoms with E-state index in [4.69, 9.17) is 9.47 Å². The third-order valence-corrected chi connectivity index (χ3v) is 0.744. The molecule has 0 radical (unpaired) electrons. The van der Waals surface area contributed by atoms with Gasteiger partial charge in [-0.05, 0) is 0 Å². The van der Waals surface area contributed by atoms with E-state index in [0.717, 1.165) is 26.4 Å². The van der Waals surface area contributed by atoms with Crippen LogP contribution < -0.4 is 0 Å². The molecule has 0 bridgehead atoms. The highest BCUT2D eigenvalue weighted by Crippen LogP contribution is 1.85. The van der Waals surface area contributed by atoms with Crippen molar-refractivity contribution < 1.29 is 14.0 Å². The monoisotopic (exact) mass is 166 g/mol. The molecule has 0 aromatic rings. The molecule has 0 saturated carbocycles. The fraction of sp³-hybridized carbons (Fsp3) is 1.00. The SMILES string of the molecule is C1COCCO1.C[S+](C)[O-]. The van der Waals surface area contributed by atoms with Gasteiger partial charge >= 0.3 is 0 Å². The van der Waals surface area contributed by atoms with Crippen molar-refractivity contribution in [1.29, 1.82) is 0 Å². The van der Waals surface area contributed by atoms with Gasteiger partial charge in [0.15, 0.2) is 0 Å². The molecule has 1 aliphatic rings. The molecule has 1 saturated heterocycles. The van der Waals surface area contributed by atoms with E-state index < -0.39 is 11.2 Å². The predicted octanol–water partition coefficient (Wildman–Crippen LogP) is 0.0279. The van der Waals surface area contributed by atoms with E-state index in [1.807, 2.05) is 0 Å². The molecule has 0 spiro atoms. The maximum Gasteiger partial charge on any atom is 0.0946 e. The van der Waals surface area contributed by atoms with Crippen molar-refractivity contribution >= 4 is 11.2 Å². The molecule has 1 fully saturated rings. The van der Waals surface area contributed by atoms with Gasteiger partial charge in [0, 0.05) is 0 Å². The smallest absolute Gasteiger partial charge is 0.0946 e. The van der Waals surface area contributed by atoms with Crippen LogP contribution in [0.3, 0.4) is 0 Å². The highest BCUT2D eigenvalue weighted by Gasteiger charge is 1.94. The largest absolute Gasteiger partial charge is 0.617 e. The average molecular weight is 166 g/mol. The van der Waals surface area contributed by atoms with Crippen LogP contribution in [0.2, 0.25) is 0 Å². The minimum Gasteiger partial charge on any atom is -0.617 e. The van der Waals surface area contributed by atoms with Gasteiger partial charge in [-0.2, -0.15) is 0 Å². The second-order valence-electron chi connectivity index (χ2n) is 1.97. The Morgan fingerprint density at radius 3 is 1.30 bits per heavy atom. The van der Waals surface area contributed by atoms with Gasteiger partial charge in [0.2, 0.25) is 0 Å². The first-order valence-corrected chi connectivity index (χ1v) is 5.10. The summed E-state index contributed by atoms with van der Waals surface area (Å²) in [6, 6.07) is 0. The van der Waals surface area contributed by atoms with E-state index in [0.29, 0.717) is 0 Å². The summed E-state index contributed by atoms with van der Waals surface area (Å²) in [5.41, 5.74) is 0. The Labute approximate surface area is 64.9 Å². The van der Waals surface area contributed by atoms with Crippen molar-refractivity contribution in [2.75, 3.05) is 38.9 Å². The van der Waals surface area contributed by atoms with Crippen LogP contribution in [0.15, 0.2) is 0 Å². The fourth-order valence-electron chi connectivity index (χ4n) is 0.440. The molecule has 0 N–H and O–H groups in total. The van der Waals surface area contributed by atoms with Crippen LogP contribution in [-0.4, -0.2) is 43.5 Å². The van der Waals surface area contributed by atoms with E-state index in [1.54, 1.807) is 12.5 Å². The zero-order valence-electron chi connectivity index (χ0n) is 6.46. The Morgan fingerprint density at radius 1 is 1.00 bits per heavy atom. The van der Waals surface area contributed by atoms with Crippen LogP contribution in [0.5, 0.6) is 0 Å². The first-order chi connectivity index (χ1) is 4.73. The maximum absolute atomic E-state index is 9.56. The third-order valence-electron chi connectivity index (χ3n) is 0.744. The zero-order valence-corrected chi connectivity index (χ0v) is 7.28. The van der Waals surface area contributed by atoms with Crippen LogP contribution in [0.25, 0.3) is 0 Å². The summed E-state index contributed by atoms with van der Waals surface area (Å²) in [6.45, 7) is 3.11. The van der Waals surface area contributed by atoms with E-state index >= 15 is 0 Å². The zero-order chi connectivity index (χ0) is 7.82. The fourth-order valence-corrected chi connectivity index (χ4v) is 0.440. The summed E-state index contributed by atoms with van der Waals surface area (Å²) in [5, 5.41) is 0. The van der Waals surface area contributed by atoms with Crippen LogP contribution in [0.4, 0.5) is 0 Å². The summed E-state index contributed by atoms with van der Waals surface area (Å²) in [7, 11) is 0. The molecule has 0 aliphatic carbocycles. The standard InChI is InChI=1S/C4H8O2.C2H6OS/c1-2-6-4-3-5-1;1-4(2)3/h1-4H2;1-2H3. The van der Waals surface area contributed by atoms with Crippen LogP contribution in [0, 0.1) is 0 Å². The van der Waals surface area contributed by atoms with Gasteiger partial charge in [0.05, 0.1) is 38.9 Å². The molecule has 0 atom stereocenters. The van der Waals surface area contributed by atoms with Gasteiger partial charge in [0.1, 0.15) is 0 Å². The molecule has 10 heavy (non-hydrogen) atoms. The summed E-state index contributed by atoms with van der Waals surface area (Å²) in [5.74, 6) is 0. The molecule has 0 unspecified atom stereocenters. The van der Waals surface area contributed by atoms with Crippen LogP contribution in [0.1, 0.15) is 0 Å². The normalized spacial score (nSPS) is 18.0. The van der Waals surface area contributed by atoms with Crippen molar-refractivity contribution in [3.8, 4) is 0 Å². The third kappa shape index (κ3) is 11.1. The highest BCUT2D eigenvalue weighted by molar-refractivity contribution is 7.89. The van der Waals surface area contributed by atoms with Gasteiger partial charge < -0.3 is 14.0 Å². The Balaban J connectivity index is 0.000000180. The molecule has 1 rings (SSSR count). The lowest BCUT2D eigenvalue weighted by molar-refractivity contribution is -0.0334. The van der Waals surface area contributed by atoms with Gasteiger partial charge in [-0.25, -0.2) is 0 Å². The number of ether oxygens (including phenoxy) is 2. The Bertz CT molecular complexity index is 49.7. The summed E-state index contributed by atoms with van der Waals surface area (Å²) in [6.07, 6.45) is 3.28. The minimum absolute atomic E-state index is 0.611. The quantitative estimate of drug-likeness (QED) is 0.477. The molecule has 0 amide bonds. The molecule has 1 heterocycles. The summed E-state index contributed by atoms with van der Waals surface area (Å²) >= 11 is -0.611. The number of rotatable bonds is 0. The Kier molecular flexibility index (Phi) is 7.51. The van der Waals surface area contributed by atoms with Gasteiger partial charge in [0.25, 0.3) is 0 Å². The summed E-state index contributed by atoms with van der Waals surface area (Å²) < 4.78 is 19.4. The first kappa shape index (κ1) is 10.2. The molecule has 0 aromatic heterocycles. The number of hydrogen-bond acceptors (Lipinski definition) is 3. The van der Waals surface area contributed by atoms with Crippen molar-refractivity contribution in [3.05, 3.63) is 0 Å². The predicted molar refractivity (Wildman–Crippen MR) is 41.6 cm³/mol. The van der Waals surface area contributed by atoms with Crippen molar-refractivity contribution in [1.82, 2.24) is 0 Å². The topological polar surface area (TPSA) is 41.5 Å². The van der Waals surface area contributed by atoms with Gasteiger partial charge in [-0.15, -0.1) is 0 Å². The lowest BCUT2D eigenvalue weighted by Crippen LogP contribution is -2.16. The highest BCUT2D eigenvalue weighted by atomic mass is 32.2. The van der Waals surface area contributed by atoms with E-state index in [-0.39, 0.29) is 0 Å². The van der Waals surface area contributed by atoms with Crippen molar-refractivity contribution in [2.45, 2.75) is 0 Å². The molecular weight excluding hydrogens is 152 g/mol. The second kappa shape index (κ2) is 7.34. The van der Waals surface area contributed by atoms with E-state index in [1.165, 1.54) is 0 Å². The molecule has 3 nitrogen and oxygen atoms in total. The maximum atomic E-state index is 9.56. The minimum atomic E-state index is -0.611. The van der Waals surface area contributed by atoms with Crippen LogP contribution >= 0.6 is 0 Å². The number of hydrogen-bond donors (Lipinski definition) is 0. The Morgan fingerprint density at radius 2 is 1.20 bits per heavy atom. The van der Waals surface area contributed by atoms with E-state index in [2.05, 4.69) is 0 Å². The van der Waals surface area contributed by atoms with E-state index in [9.17, 15) is 4.55 Å². The molecule has 4 heteroatoms. The van der Waals surface area contributed by atoms with Gasteiger partial charge in [-0.1, -0.05) is 11.2 Å². The molecular formula is C6H14O3S. The van der Waals surface area contributed by atoms with Gasteiger partial charge in [-0.3, -0.25) is 0 Å². The van der Waals surface area contributed by atoms with Crippen LogP contribution in [-0.2, 0) is 20.6 Å². The summed E-state index contributed by atoms with van der Waals surface area (Å²) in [4.78, 5) is 0. The lowest BCUT2D eigenvalue weighted by Gasteiger charge is -2.09. The lowest BCUT2D eigenvalue weighted by atomic mass is 10.6. The second-order valence-corrected chi connectivity index (χ2v) is 3.45. The average Bonchev–Trinajstić information content (AvgIpc) is 1.90. The molecule has 62 valence electrons. The first-order valence-electron chi connectivity index (χ1n) is 3.14.